The van der Waals surface area contributed by atoms with E-state index in [0.717, 1.165) is 33.1 Å². The van der Waals surface area contributed by atoms with E-state index in [1.165, 1.54) is 6.07 Å². The molecule has 2 N–H and O–H groups in total. The molecular formula is C18H21F3O11S. The Morgan fingerprint density at radius 1 is 1.09 bits per heavy atom. The molecule has 3 unspecified atom stereocenters. The minimum Gasteiger partial charge on any atom is -0.493 e. The number of hydrogen-bond acceptors (Lipinski definition) is 11. The van der Waals surface area contributed by atoms with E-state index >= 15 is 0 Å². The Kier molecular flexibility index (Phi) is 8.16. The van der Waals surface area contributed by atoms with Crippen molar-refractivity contribution in [2.24, 2.45) is 0 Å². The van der Waals surface area contributed by atoms with Gasteiger partial charge in [-0.2, -0.15) is 21.6 Å². The lowest BCUT2D eigenvalue weighted by molar-refractivity contribution is -0.242. The number of carbonyl (C=O) groups excluding carboxylic acids is 2. The van der Waals surface area contributed by atoms with Crippen LogP contribution in [0.4, 0.5) is 13.2 Å². The predicted octanol–water partition coefficient (Wildman–Crippen LogP) is 0.580. The average Bonchev–Trinajstić information content (AvgIpc) is 2.69. The van der Waals surface area contributed by atoms with Gasteiger partial charge in [0, 0.05) is 13.8 Å². The van der Waals surface area contributed by atoms with Crippen LogP contribution in [0.1, 0.15) is 25.5 Å². The van der Waals surface area contributed by atoms with E-state index in [4.69, 9.17) is 18.9 Å². The van der Waals surface area contributed by atoms with Crippen LogP contribution in [-0.4, -0.2) is 74.2 Å². The lowest BCUT2D eigenvalue weighted by Gasteiger charge is -2.42. The van der Waals surface area contributed by atoms with Crippen LogP contribution in [0.3, 0.4) is 0 Å². The van der Waals surface area contributed by atoms with Crippen molar-refractivity contribution in [2.45, 2.75) is 49.9 Å². The van der Waals surface area contributed by atoms with Crippen LogP contribution in [0.25, 0.3) is 0 Å². The molecule has 1 fully saturated rings. The first-order chi connectivity index (χ1) is 15.2. The minimum absolute atomic E-state index is 0.121. The van der Waals surface area contributed by atoms with Crippen LogP contribution in [-0.2, 0) is 33.9 Å². The van der Waals surface area contributed by atoms with Crippen molar-refractivity contribution >= 4 is 22.1 Å². The summed E-state index contributed by atoms with van der Waals surface area (Å²) >= 11 is 0. The quantitative estimate of drug-likeness (QED) is 0.306. The zero-order valence-corrected chi connectivity index (χ0v) is 18.3. The van der Waals surface area contributed by atoms with Crippen LogP contribution in [0.15, 0.2) is 18.2 Å². The van der Waals surface area contributed by atoms with Crippen molar-refractivity contribution in [1.29, 1.82) is 0 Å². The molecule has 2 rings (SSSR count). The maximum atomic E-state index is 12.7. The van der Waals surface area contributed by atoms with Gasteiger partial charge in [-0.05, 0) is 17.7 Å². The van der Waals surface area contributed by atoms with Crippen LogP contribution in [0.2, 0.25) is 0 Å². The number of aliphatic hydroxyl groups is 2. The highest BCUT2D eigenvalue weighted by Gasteiger charge is 2.50. The number of esters is 2. The van der Waals surface area contributed by atoms with Gasteiger partial charge < -0.3 is 33.3 Å². The molecule has 1 heterocycles. The third-order valence-electron chi connectivity index (χ3n) is 4.44. The highest BCUT2D eigenvalue weighted by molar-refractivity contribution is 7.88. The molecule has 1 aromatic rings. The Morgan fingerprint density at radius 3 is 2.24 bits per heavy atom. The summed E-state index contributed by atoms with van der Waals surface area (Å²) in [7, 11) is -5.00. The average molecular weight is 502 g/mol. The second-order valence-electron chi connectivity index (χ2n) is 6.85. The van der Waals surface area contributed by atoms with E-state index in [1.807, 2.05) is 0 Å². The standard InChI is InChI=1S/C18H21F3O11S/c1-8(22)29-7-13-17(30-9(2)23)15(25)14(24)16(31-13)10-4-5-11(28-3)12(6-10)32-33(26,27)18(19,20)21/h4-6,13-17,24-25H,7H2,1-3H3/t13?,14?,15?,16-,17-/m1/s1. The van der Waals surface area contributed by atoms with Gasteiger partial charge in [0.05, 0.1) is 7.11 Å². The molecule has 1 aromatic carbocycles. The van der Waals surface area contributed by atoms with Gasteiger partial charge in [0.2, 0.25) is 0 Å². The summed E-state index contributed by atoms with van der Waals surface area (Å²) in [6.07, 6.45) is -7.77. The van der Waals surface area contributed by atoms with E-state index in [-0.39, 0.29) is 11.3 Å². The zero-order valence-electron chi connectivity index (χ0n) is 17.4. The van der Waals surface area contributed by atoms with E-state index < -0.39 is 70.4 Å². The smallest absolute Gasteiger partial charge is 0.493 e. The number of ether oxygens (including phenoxy) is 4. The lowest BCUT2D eigenvalue weighted by atomic mass is 9.91. The molecule has 0 spiro atoms. The topological polar surface area (TPSA) is 155 Å². The molecular weight excluding hydrogens is 481 g/mol. The monoisotopic (exact) mass is 502 g/mol. The second kappa shape index (κ2) is 10.1. The van der Waals surface area contributed by atoms with Crippen LogP contribution < -0.4 is 8.92 Å². The van der Waals surface area contributed by atoms with Crippen LogP contribution in [0, 0.1) is 0 Å². The first-order valence-electron chi connectivity index (χ1n) is 9.18. The van der Waals surface area contributed by atoms with Gasteiger partial charge >= 0.3 is 27.6 Å². The fraction of sp³-hybridized carbons (Fsp3) is 0.556. The summed E-state index contributed by atoms with van der Waals surface area (Å²) in [6.45, 7) is 1.61. The van der Waals surface area contributed by atoms with E-state index in [2.05, 4.69) is 4.18 Å². The molecule has 5 atom stereocenters. The van der Waals surface area contributed by atoms with Crippen molar-refractivity contribution < 1.29 is 64.5 Å². The first-order valence-corrected chi connectivity index (χ1v) is 10.6. The molecule has 0 radical (unpaired) electrons. The highest BCUT2D eigenvalue weighted by atomic mass is 32.2. The third kappa shape index (κ3) is 6.25. The highest BCUT2D eigenvalue weighted by Crippen LogP contribution is 2.39. The van der Waals surface area contributed by atoms with Crippen molar-refractivity contribution in [3.63, 3.8) is 0 Å². The SMILES string of the molecule is COc1ccc([C@H]2OC(COC(C)=O)[C@@H](OC(C)=O)C(O)C2O)cc1OS(=O)(=O)C(F)(F)F. The number of aliphatic hydroxyl groups excluding tert-OH is 2. The van der Waals surface area contributed by atoms with Gasteiger partial charge in [-0.1, -0.05) is 6.07 Å². The van der Waals surface area contributed by atoms with E-state index in [0.29, 0.717) is 0 Å². The van der Waals surface area contributed by atoms with E-state index in [1.54, 1.807) is 0 Å². The van der Waals surface area contributed by atoms with Gasteiger partial charge in [0.1, 0.15) is 31.0 Å². The molecule has 0 amide bonds. The summed E-state index contributed by atoms with van der Waals surface area (Å²) in [5, 5.41) is 21.0. The van der Waals surface area contributed by atoms with Crippen molar-refractivity contribution in [1.82, 2.24) is 0 Å². The molecule has 0 aromatic heterocycles. The second-order valence-corrected chi connectivity index (χ2v) is 8.38. The Morgan fingerprint density at radius 2 is 1.73 bits per heavy atom. The largest absolute Gasteiger partial charge is 0.534 e. The molecule has 11 nitrogen and oxygen atoms in total. The number of carbonyl (C=O) groups is 2. The third-order valence-corrected chi connectivity index (χ3v) is 5.40. The molecule has 0 saturated carbocycles. The number of hydrogen-bond donors (Lipinski definition) is 2. The van der Waals surface area contributed by atoms with Gasteiger partial charge in [0.15, 0.2) is 17.6 Å². The van der Waals surface area contributed by atoms with Gasteiger partial charge in [-0.3, -0.25) is 9.59 Å². The first kappa shape index (κ1) is 26.6. The fourth-order valence-corrected chi connectivity index (χ4v) is 3.45. The summed E-state index contributed by atoms with van der Waals surface area (Å²) in [4.78, 5) is 22.5. The molecule has 1 saturated heterocycles. The Hall–Kier alpha value is -2.62. The summed E-state index contributed by atoms with van der Waals surface area (Å²) in [6, 6.07) is 3.07. The molecule has 33 heavy (non-hydrogen) atoms. The summed E-state index contributed by atoms with van der Waals surface area (Å²) < 4.78 is 85.4. The van der Waals surface area contributed by atoms with E-state index in [9.17, 15) is 41.4 Å². The predicted molar refractivity (Wildman–Crippen MR) is 100 cm³/mol. The van der Waals surface area contributed by atoms with Crippen molar-refractivity contribution in [2.75, 3.05) is 13.7 Å². The van der Waals surface area contributed by atoms with Crippen molar-refractivity contribution in [3.8, 4) is 11.5 Å². The normalized spacial score (nSPS) is 25.8. The maximum absolute atomic E-state index is 12.7. The van der Waals surface area contributed by atoms with Gasteiger partial charge in [-0.25, -0.2) is 0 Å². The van der Waals surface area contributed by atoms with Crippen LogP contribution in [0.5, 0.6) is 11.5 Å². The van der Waals surface area contributed by atoms with Crippen molar-refractivity contribution in [3.05, 3.63) is 23.8 Å². The molecule has 15 heteroatoms. The number of benzene rings is 1. The fourth-order valence-electron chi connectivity index (χ4n) is 2.99. The summed E-state index contributed by atoms with van der Waals surface area (Å²) in [5.74, 6) is -2.81. The zero-order chi connectivity index (χ0) is 25.1. The molecule has 186 valence electrons. The molecule has 1 aliphatic rings. The van der Waals surface area contributed by atoms with Gasteiger partial charge in [0.25, 0.3) is 0 Å². The Labute approximate surface area is 186 Å². The minimum atomic E-state index is -6.05. The number of halogens is 3. The molecule has 0 bridgehead atoms. The number of rotatable bonds is 7. The summed E-state index contributed by atoms with van der Waals surface area (Å²) in [5.41, 5.74) is -5.85. The van der Waals surface area contributed by atoms with Crippen LogP contribution >= 0.6 is 0 Å². The molecule has 0 aliphatic carbocycles. The number of methoxy groups -OCH3 is 1. The molecule has 1 aliphatic heterocycles. The van der Waals surface area contributed by atoms with Gasteiger partial charge in [-0.15, -0.1) is 0 Å². The Balaban J connectivity index is 2.43. The number of alkyl halides is 3. The lowest BCUT2D eigenvalue weighted by Crippen LogP contribution is -2.57. The maximum Gasteiger partial charge on any atom is 0.534 e. The Bertz CT molecular complexity index is 979.